The largest absolute Gasteiger partial charge is 0.497 e. The van der Waals surface area contributed by atoms with Crippen molar-refractivity contribution in [2.75, 3.05) is 27.9 Å². The van der Waals surface area contributed by atoms with Crippen LogP contribution in [0.15, 0.2) is 23.0 Å². The topological polar surface area (TPSA) is 93.8 Å². The van der Waals surface area contributed by atoms with Gasteiger partial charge in [0.2, 0.25) is 0 Å². The van der Waals surface area contributed by atoms with E-state index in [1.54, 1.807) is 21.1 Å². The summed E-state index contributed by atoms with van der Waals surface area (Å²) in [5.74, 6) is 1.71. The second-order valence-corrected chi connectivity index (χ2v) is 8.48. The summed E-state index contributed by atoms with van der Waals surface area (Å²) in [7, 11) is 4.64. The molecule has 0 radical (unpaired) electrons. The summed E-state index contributed by atoms with van der Waals surface area (Å²) in [6.07, 6.45) is 2.00. The van der Waals surface area contributed by atoms with E-state index in [9.17, 15) is 9.59 Å². The van der Waals surface area contributed by atoms with E-state index in [4.69, 9.17) is 14.2 Å². The van der Waals surface area contributed by atoms with Crippen LogP contribution >= 0.6 is 11.3 Å². The van der Waals surface area contributed by atoms with Crippen LogP contribution in [0.1, 0.15) is 45.5 Å². The summed E-state index contributed by atoms with van der Waals surface area (Å²) in [5, 5.41) is 0.446. The number of carbonyl (C=O) groups is 1. The molecule has 31 heavy (non-hydrogen) atoms. The van der Waals surface area contributed by atoms with E-state index < -0.39 is 5.97 Å². The van der Waals surface area contributed by atoms with Gasteiger partial charge < -0.3 is 19.2 Å². The number of aryl methyl sites for hydroxylation is 1. The van der Waals surface area contributed by atoms with Crippen molar-refractivity contribution in [1.82, 2.24) is 14.9 Å². The van der Waals surface area contributed by atoms with Crippen LogP contribution in [0.3, 0.4) is 0 Å². The predicted octanol–water partition coefficient (Wildman–Crippen LogP) is 3.43. The van der Waals surface area contributed by atoms with Crippen LogP contribution in [0.5, 0.6) is 11.5 Å². The minimum Gasteiger partial charge on any atom is -0.497 e. The number of H-pyrrole nitrogens is 1. The molecule has 1 N–H and O–H groups in total. The molecule has 2 aromatic heterocycles. The number of aromatic nitrogens is 2. The van der Waals surface area contributed by atoms with Gasteiger partial charge in [-0.05, 0) is 50.1 Å². The van der Waals surface area contributed by atoms with E-state index in [1.165, 1.54) is 18.4 Å². The van der Waals surface area contributed by atoms with Gasteiger partial charge in [-0.15, -0.1) is 11.3 Å². The van der Waals surface area contributed by atoms with Gasteiger partial charge in [-0.25, -0.2) is 9.78 Å². The van der Waals surface area contributed by atoms with Crippen LogP contribution in [0, 0.1) is 6.92 Å². The average molecular weight is 444 g/mol. The van der Waals surface area contributed by atoms with E-state index in [0.29, 0.717) is 33.0 Å². The summed E-state index contributed by atoms with van der Waals surface area (Å²) in [6.45, 7) is 3.11. The second kappa shape index (κ2) is 8.68. The lowest BCUT2D eigenvalue weighted by Crippen LogP contribution is -2.26. The van der Waals surface area contributed by atoms with Gasteiger partial charge in [-0.2, -0.15) is 0 Å². The summed E-state index contributed by atoms with van der Waals surface area (Å²) in [6, 6.07) is 5.93. The van der Waals surface area contributed by atoms with Gasteiger partial charge in [0.1, 0.15) is 27.0 Å². The number of aromatic amines is 1. The van der Waals surface area contributed by atoms with E-state index >= 15 is 0 Å². The molecule has 0 saturated carbocycles. The molecule has 1 aromatic carbocycles. The fraction of sp³-hybridized carbons (Fsp3) is 0.409. The van der Waals surface area contributed by atoms with Crippen molar-refractivity contribution in [3.63, 3.8) is 0 Å². The molecule has 0 amide bonds. The smallest absolute Gasteiger partial charge is 0.348 e. The second-order valence-electron chi connectivity index (χ2n) is 7.48. The molecule has 164 valence electrons. The lowest BCUT2D eigenvalue weighted by molar-refractivity contribution is 0.0605. The molecular weight excluding hydrogens is 418 g/mol. The number of carbonyl (C=O) groups excluding carboxylic acids is 1. The molecular formula is C22H25N3O5S. The van der Waals surface area contributed by atoms with Crippen LogP contribution in [0.4, 0.5) is 0 Å². The van der Waals surface area contributed by atoms with Crippen LogP contribution in [-0.4, -0.2) is 48.7 Å². The van der Waals surface area contributed by atoms with Gasteiger partial charge in [-0.3, -0.25) is 9.69 Å². The van der Waals surface area contributed by atoms with Crippen molar-refractivity contribution in [2.24, 2.45) is 0 Å². The van der Waals surface area contributed by atoms with Gasteiger partial charge in [0.25, 0.3) is 5.56 Å². The molecule has 8 nitrogen and oxygen atoms in total. The molecule has 0 bridgehead atoms. The van der Waals surface area contributed by atoms with Gasteiger partial charge in [0.15, 0.2) is 0 Å². The molecule has 1 atom stereocenters. The highest BCUT2D eigenvalue weighted by atomic mass is 32.1. The number of likely N-dealkylation sites (tertiary alicyclic amines) is 1. The zero-order chi connectivity index (χ0) is 22.1. The summed E-state index contributed by atoms with van der Waals surface area (Å²) in [5.41, 5.74) is 1.42. The summed E-state index contributed by atoms with van der Waals surface area (Å²) < 4.78 is 15.8. The minimum absolute atomic E-state index is 0.127. The quantitative estimate of drug-likeness (QED) is 0.583. The van der Waals surface area contributed by atoms with Gasteiger partial charge in [0, 0.05) is 11.6 Å². The molecule has 3 heterocycles. The highest BCUT2D eigenvalue weighted by Gasteiger charge is 2.30. The molecule has 1 unspecified atom stereocenters. The molecule has 1 aliphatic rings. The van der Waals surface area contributed by atoms with Crippen molar-refractivity contribution in [2.45, 2.75) is 32.4 Å². The third-order valence-electron chi connectivity index (χ3n) is 5.73. The molecule has 0 spiro atoms. The van der Waals surface area contributed by atoms with Gasteiger partial charge in [0.05, 0.1) is 33.3 Å². The first-order valence-electron chi connectivity index (χ1n) is 10.0. The number of nitrogens with zero attached hydrogens (tertiary/aromatic N) is 2. The highest BCUT2D eigenvalue weighted by Crippen LogP contribution is 2.39. The standard InChI is InChI=1S/C22H25N3O5S/c1-12-18-20(26)23-17(24-21(18)31-19(12)22(27)30-4)11-25-9-5-6-15(25)14-10-13(28-2)7-8-16(14)29-3/h7-8,10,15H,5-6,9,11H2,1-4H3,(H,23,24,26). The van der Waals surface area contributed by atoms with Crippen molar-refractivity contribution in [3.8, 4) is 11.5 Å². The SMILES string of the molecule is COC(=O)c1sc2nc(CN3CCCC3c3cc(OC)ccc3OC)[nH]c(=O)c2c1C. The number of thiophene rings is 1. The highest BCUT2D eigenvalue weighted by molar-refractivity contribution is 7.20. The molecule has 1 fully saturated rings. The average Bonchev–Trinajstić information content (AvgIpc) is 3.37. The number of hydrogen-bond donors (Lipinski definition) is 1. The maximum Gasteiger partial charge on any atom is 0.348 e. The molecule has 3 aromatic rings. The van der Waals surface area contributed by atoms with Gasteiger partial charge in [-0.1, -0.05) is 0 Å². The number of esters is 1. The molecule has 4 rings (SSSR count). The number of ether oxygens (including phenoxy) is 3. The van der Waals surface area contributed by atoms with Crippen molar-refractivity contribution < 1.29 is 19.0 Å². The molecule has 9 heteroatoms. The fourth-order valence-corrected chi connectivity index (χ4v) is 5.33. The Kier molecular flexibility index (Phi) is 5.97. The summed E-state index contributed by atoms with van der Waals surface area (Å²) >= 11 is 1.19. The number of hydrogen-bond acceptors (Lipinski definition) is 8. The van der Waals surface area contributed by atoms with Crippen molar-refractivity contribution in [1.29, 1.82) is 0 Å². The number of rotatable bonds is 6. The number of nitrogens with one attached hydrogen (secondary N) is 1. The maximum atomic E-state index is 12.8. The number of methoxy groups -OCH3 is 3. The first kappa shape index (κ1) is 21.3. The number of fused-ring (bicyclic) bond motifs is 1. The Morgan fingerprint density at radius 2 is 2.10 bits per heavy atom. The van der Waals surface area contributed by atoms with Crippen LogP contribution in [0.25, 0.3) is 10.2 Å². The normalized spacial score (nSPS) is 16.6. The number of benzene rings is 1. The minimum atomic E-state index is -0.453. The van der Waals surface area contributed by atoms with E-state index in [1.807, 2.05) is 18.2 Å². The zero-order valence-electron chi connectivity index (χ0n) is 18.0. The Hall–Kier alpha value is -2.91. The zero-order valence-corrected chi connectivity index (χ0v) is 18.8. The van der Waals surface area contributed by atoms with E-state index in [2.05, 4.69) is 14.9 Å². The predicted molar refractivity (Wildman–Crippen MR) is 118 cm³/mol. The monoisotopic (exact) mass is 443 g/mol. The fourth-order valence-electron chi connectivity index (χ4n) is 4.21. The van der Waals surface area contributed by atoms with Crippen LogP contribution in [-0.2, 0) is 11.3 Å². The Morgan fingerprint density at radius 1 is 1.29 bits per heavy atom. The van der Waals surface area contributed by atoms with E-state index in [0.717, 1.165) is 36.4 Å². The first-order chi connectivity index (χ1) is 15.0. The van der Waals surface area contributed by atoms with Gasteiger partial charge >= 0.3 is 5.97 Å². The Bertz CT molecular complexity index is 1190. The lowest BCUT2D eigenvalue weighted by atomic mass is 10.0. The molecule has 0 aliphatic carbocycles. The maximum absolute atomic E-state index is 12.8. The van der Waals surface area contributed by atoms with Crippen LogP contribution in [0.2, 0.25) is 0 Å². The van der Waals surface area contributed by atoms with Crippen molar-refractivity contribution in [3.05, 3.63) is 50.4 Å². The first-order valence-corrected chi connectivity index (χ1v) is 10.8. The Balaban J connectivity index is 1.67. The van der Waals surface area contributed by atoms with Crippen molar-refractivity contribution >= 4 is 27.5 Å². The van der Waals surface area contributed by atoms with E-state index in [-0.39, 0.29) is 11.6 Å². The molecule has 1 aliphatic heterocycles. The molecule has 1 saturated heterocycles. The third kappa shape index (κ3) is 3.90. The summed E-state index contributed by atoms with van der Waals surface area (Å²) in [4.78, 5) is 35.6. The Labute approximate surface area is 183 Å². The lowest BCUT2D eigenvalue weighted by Gasteiger charge is -2.26. The Morgan fingerprint density at radius 3 is 2.81 bits per heavy atom. The third-order valence-corrected chi connectivity index (χ3v) is 6.90. The van der Waals surface area contributed by atoms with Crippen LogP contribution < -0.4 is 15.0 Å².